The van der Waals surface area contributed by atoms with Crippen LogP contribution >= 0.6 is 0 Å². The van der Waals surface area contributed by atoms with Crippen molar-refractivity contribution in [3.8, 4) is 22.8 Å². The van der Waals surface area contributed by atoms with E-state index in [9.17, 15) is 13.2 Å². The van der Waals surface area contributed by atoms with Crippen LogP contribution in [-0.2, 0) is 6.18 Å². The van der Waals surface area contributed by atoms with Crippen molar-refractivity contribution in [2.24, 2.45) is 0 Å². The van der Waals surface area contributed by atoms with Gasteiger partial charge in [0.1, 0.15) is 28.8 Å². The van der Waals surface area contributed by atoms with Crippen LogP contribution in [0.1, 0.15) is 5.69 Å². The number of nitrogens with one attached hydrogen (secondary N) is 1. The molecule has 11 heteroatoms. The molecule has 8 nitrogen and oxygen atoms in total. The highest BCUT2D eigenvalue weighted by molar-refractivity contribution is 5.67. The Labute approximate surface area is 180 Å². The molecule has 4 aromatic rings. The van der Waals surface area contributed by atoms with Crippen LogP contribution in [0.15, 0.2) is 67.0 Å². The number of nitrogens with two attached hydrogens (primary N) is 2. The number of benzene rings is 1. The third-order valence-electron chi connectivity index (χ3n) is 4.21. The van der Waals surface area contributed by atoms with Gasteiger partial charge in [-0.25, -0.2) is 9.97 Å². The second kappa shape index (κ2) is 8.38. The highest BCUT2D eigenvalue weighted by atomic mass is 19.4. The fourth-order valence-electron chi connectivity index (χ4n) is 2.75. The van der Waals surface area contributed by atoms with Gasteiger partial charge in [0, 0.05) is 35.8 Å². The number of nitrogen functional groups attached to an aromatic ring is 2. The summed E-state index contributed by atoms with van der Waals surface area (Å²) in [5.41, 5.74) is 12.3. The van der Waals surface area contributed by atoms with E-state index in [1.54, 1.807) is 48.7 Å². The normalized spacial score (nSPS) is 11.2. The number of nitrogens with zero attached hydrogens (tertiary/aromatic N) is 4. The summed E-state index contributed by atoms with van der Waals surface area (Å²) in [4.78, 5) is 15.7. The van der Waals surface area contributed by atoms with Crippen LogP contribution in [0.2, 0.25) is 0 Å². The van der Waals surface area contributed by atoms with E-state index in [1.165, 1.54) is 6.07 Å². The Morgan fingerprint density at radius 2 is 1.62 bits per heavy atom. The Morgan fingerprint density at radius 1 is 0.844 bits per heavy atom. The molecular weight excluding hydrogens is 423 g/mol. The fourth-order valence-corrected chi connectivity index (χ4v) is 2.75. The lowest BCUT2D eigenvalue weighted by Gasteiger charge is -2.11. The topological polar surface area (TPSA) is 125 Å². The lowest BCUT2D eigenvalue weighted by Crippen LogP contribution is -2.07. The average Bonchev–Trinajstić information content (AvgIpc) is 2.75. The van der Waals surface area contributed by atoms with Crippen molar-refractivity contribution >= 4 is 23.3 Å². The van der Waals surface area contributed by atoms with Gasteiger partial charge in [0.05, 0.1) is 5.69 Å². The van der Waals surface area contributed by atoms with Crippen molar-refractivity contribution < 1.29 is 17.9 Å². The molecule has 0 saturated carbocycles. The number of pyridine rings is 2. The molecular formula is C21H16F3N7O. The van der Waals surface area contributed by atoms with Crippen molar-refractivity contribution in [3.63, 3.8) is 0 Å². The summed E-state index contributed by atoms with van der Waals surface area (Å²) in [6.45, 7) is 0. The van der Waals surface area contributed by atoms with Gasteiger partial charge in [0.25, 0.3) is 0 Å². The predicted molar refractivity (Wildman–Crippen MR) is 113 cm³/mol. The maximum atomic E-state index is 12.8. The Balaban J connectivity index is 1.49. The number of alkyl halides is 3. The van der Waals surface area contributed by atoms with E-state index < -0.39 is 11.9 Å². The molecule has 0 spiro atoms. The zero-order valence-electron chi connectivity index (χ0n) is 16.3. The summed E-state index contributed by atoms with van der Waals surface area (Å²) >= 11 is 0. The van der Waals surface area contributed by atoms with Crippen molar-refractivity contribution in [1.29, 1.82) is 0 Å². The first-order chi connectivity index (χ1) is 15.3. The predicted octanol–water partition coefficient (Wildman–Crippen LogP) is 4.65. The molecule has 162 valence electrons. The number of aromatic nitrogens is 4. The summed E-state index contributed by atoms with van der Waals surface area (Å²) in [6, 6.07) is 13.9. The lowest BCUT2D eigenvalue weighted by molar-refractivity contribution is -0.141. The Hall–Kier alpha value is -4.41. The van der Waals surface area contributed by atoms with Crippen molar-refractivity contribution in [3.05, 3.63) is 72.7 Å². The third kappa shape index (κ3) is 5.01. The fraction of sp³-hybridized carbons (Fsp3) is 0.0476. The van der Waals surface area contributed by atoms with Gasteiger partial charge in [-0.05, 0) is 42.5 Å². The van der Waals surface area contributed by atoms with E-state index in [-0.39, 0.29) is 11.7 Å². The van der Waals surface area contributed by atoms with Crippen LogP contribution in [0.25, 0.3) is 11.3 Å². The third-order valence-corrected chi connectivity index (χ3v) is 4.21. The summed E-state index contributed by atoms with van der Waals surface area (Å²) in [6.07, 6.45) is -1.92. The Bertz CT molecular complexity index is 1230. The van der Waals surface area contributed by atoms with Crippen LogP contribution < -0.4 is 21.5 Å². The smallest absolute Gasteiger partial charge is 0.433 e. The molecule has 0 atom stereocenters. The molecule has 0 aliphatic rings. The minimum absolute atomic E-state index is 0.0263. The van der Waals surface area contributed by atoms with Gasteiger partial charge in [-0.15, -0.1) is 0 Å². The summed E-state index contributed by atoms with van der Waals surface area (Å²) < 4.78 is 43.9. The van der Waals surface area contributed by atoms with Gasteiger partial charge in [-0.1, -0.05) is 0 Å². The quantitative estimate of drug-likeness (QED) is 0.410. The first kappa shape index (κ1) is 20.8. The molecule has 0 aliphatic carbocycles. The monoisotopic (exact) mass is 439 g/mol. The van der Waals surface area contributed by atoms with E-state index in [1.807, 2.05) is 0 Å². The number of hydrogen-bond donors (Lipinski definition) is 3. The van der Waals surface area contributed by atoms with Crippen molar-refractivity contribution in [2.75, 3.05) is 16.8 Å². The molecule has 0 aliphatic heterocycles. The van der Waals surface area contributed by atoms with Crippen LogP contribution in [-0.4, -0.2) is 19.9 Å². The van der Waals surface area contributed by atoms with Crippen LogP contribution in [0.3, 0.4) is 0 Å². The molecule has 0 radical (unpaired) electrons. The standard InChI is InChI=1S/C21H16F3N7O/c22-21(23,24)17-9-15(7-8-27-17)32-14-4-2-13(3-5-14)29-19-10-16(30-20(26)31-19)12-1-6-18(25)28-11-12/h1-11H,(H2,25,28)(H3,26,29,30,31). The maximum absolute atomic E-state index is 12.8. The van der Waals surface area contributed by atoms with Crippen LogP contribution in [0, 0.1) is 0 Å². The average molecular weight is 439 g/mol. The molecule has 0 saturated heterocycles. The summed E-state index contributed by atoms with van der Waals surface area (Å²) in [5, 5.41) is 3.10. The summed E-state index contributed by atoms with van der Waals surface area (Å²) in [7, 11) is 0. The lowest BCUT2D eigenvalue weighted by atomic mass is 10.2. The van der Waals surface area contributed by atoms with Gasteiger partial charge >= 0.3 is 6.18 Å². The number of halogens is 3. The maximum Gasteiger partial charge on any atom is 0.433 e. The zero-order valence-corrected chi connectivity index (χ0v) is 16.3. The van der Waals surface area contributed by atoms with Crippen LogP contribution in [0.4, 0.5) is 36.4 Å². The van der Waals surface area contributed by atoms with Gasteiger partial charge in [0.2, 0.25) is 5.95 Å². The highest BCUT2D eigenvalue weighted by Crippen LogP contribution is 2.31. The van der Waals surface area contributed by atoms with Gasteiger partial charge < -0.3 is 21.5 Å². The molecule has 5 N–H and O–H groups in total. The van der Waals surface area contributed by atoms with Gasteiger partial charge in [0.15, 0.2) is 0 Å². The van der Waals surface area contributed by atoms with Crippen molar-refractivity contribution in [1.82, 2.24) is 19.9 Å². The first-order valence-electron chi connectivity index (χ1n) is 9.21. The second-order valence-electron chi connectivity index (χ2n) is 6.59. The number of ether oxygens (including phenoxy) is 1. The molecule has 0 unspecified atom stereocenters. The molecule has 3 aromatic heterocycles. The molecule has 3 heterocycles. The Kier molecular flexibility index (Phi) is 5.46. The van der Waals surface area contributed by atoms with E-state index in [0.29, 0.717) is 28.8 Å². The van der Waals surface area contributed by atoms with Gasteiger partial charge in [-0.3, -0.25) is 4.98 Å². The number of anilines is 4. The molecule has 0 bridgehead atoms. The van der Waals surface area contributed by atoms with Gasteiger partial charge in [-0.2, -0.15) is 18.2 Å². The minimum atomic E-state index is -4.55. The number of rotatable bonds is 5. The molecule has 32 heavy (non-hydrogen) atoms. The molecule has 0 fully saturated rings. The first-order valence-corrected chi connectivity index (χ1v) is 9.21. The van der Waals surface area contributed by atoms with E-state index in [0.717, 1.165) is 17.8 Å². The zero-order chi connectivity index (χ0) is 22.7. The number of hydrogen-bond acceptors (Lipinski definition) is 8. The van der Waals surface area contributed by atoms with E-state index >= 15 is 0 Å². The van der Waals surface area contributed by atoms with E-state index in [4.69, 9.17) is 16.2 Å². The van der Waals surface area contributed by atoms with Crippen molar-refractivity contribution in [2.45, 2.75) is 6.18 Å². The molecule has 1 aromatic carbocycles. The van der Waals surface area contributed by atoms with Crippen LogP contribution in [0.5, 0.6) is 11.5 Å². The summed E-state index contributed by atoms with van der Waals surface area (Å²) in [5.74, 6) is 1.28. The minimum Gasteiger partial charge on any atom is -0.457 e. The SMILES string of the molecule is Nc1ccc(-c2cc(Nc3ccc(Oc4ccnc(C(F)(F)F)c4)cc3)nc(N)n2)cn1. The Morgan fingerprint density at radius 3 is 2.31 bits per heavy atom. The molecule has 4 rings (SSSR count). The van der Waals surface area contributed by atoms with E-state index in [2.05, 4.69) is 25.3 Å². The second-order valence-corrected chi connectivity index (χ2v) is 6.59. The molecule has 0 amide bonds. The highest BCUT2D eigenvalue weighted by Gasteiger charge is 2.32. The largest absolute Gasteiger partial charge is 0.457 e.